The molecule has 10 heteroatoms. The van der Waals surface area contributed by atoms with Crippen molar-refractivity contribution in [3.8, 4) is 0 Å². The smallest absolute Gasteiger partial charge is 0.327 e. The molecular weight excluding hydrogens is 334 g/mol. The average Bonchev–Trinajstić information content (AvgIpc) is 2.34. The van der Waals surface area contributed by atoms with E-state index in [0.717, 1.165) is 25.7 Å². The number of carboxylic acids is 1. The summed E-state index contributed by atoms with van der Waals surface area (Å²) in [6, 6.07) is 0. The molecule has 0 aliphatic heterocycles. The Hall–Kier alpha value is 0.850. The molecule has 2 N–H and O–H groups in total. The van der Waals surface area contributed by atoms with E-state index >= 15 is 0 Å². The summed E-state index contributed by atoms with van der Waals surface area (Å²) < 4.78 is 35.7. The van der Waals surface area contributed by atoms with Crippen LogP contribution in [0.15, 0.2) is 0 Å². The van der Waals surface area contributed by atoms with E-state index in [1.54, 1.807) is 0 Å². The van der Waals surface area contributed by atoms with Crippen molar-refractivity contribution in [1.29, 1.82) is 0 Å². The number of carbonyl (C=O) groups excluding carboxylic acids is 1. The van der Waals surface area contributed by atoms with Crippen molar-refractivity contribution in [2.24, 2.45) is 5.92 Å². The molecule has 0 spiro atoms. The maximum Gasteiger partial charge on any atom is 0.327 e. The van der Waals surface area contributed by atoms with Crippen LogP contribution in [0.5, 0.6) is 0 Å². The Kier molecular flexibility index (Phi) is 17.9. The predicted molar refractivity (Wildman–Crippen MR) is 83.4 cm³/mol. The summed E-state index contributed by atoms with van der Waals surface area (Å²) in [6.45, 7) is 3.98. The molecule has 22 heavy (non-hydrogen) atoms. The molecule has 0 fully saturated rings. The van der Waals surface area contributed by atoms with Crippen LogP contribution in [0.3, 0.4) is 0 Å². The quantitative estimate of drug-likeness (QED) is 0.336. The molecule has 2 radical (unpaired) electrons. The van der Waals surface area contributed by atoms with Gasteiger partial charge in [-0.15, -0.1) is 0 Å². The third-order valence-corrected chi connectivity index (χ3v) is 4.07. The monoisotopic (exact) mass is 356 g/mol. The zero-order chi connectivity index (χ0) is 15.8. The minimum Gasteiger partial charge on any atom is -0.481 e. The number of ether oxygens (including phenoxy) is 1. The second kappa shape index (κ2) is 14.2. The van der Waals surface area contributed by atoms with Crippen molar-refractivity contribution in [3.05, 3.63) is 0 Å². The minimum absolute atomic E-state index is 0. The topological polar surface area (TPSA) is 118 Å². The number of rotatable bonds is 10. The normalized spacial score (nSPS) is 13.2. The third-order valence-electron chi connectivity index (χ3n) is 2.99. The number of aliphatic carboxylic acids is 1. The zero-order valence-electron chi connectivity index (χ0n) is 13.7. The molecule has 0 amide bonds. The summed E-state index contributed by atoms with van der Waals surface area (Å²) >= 11 is 0. The SMILES string of the molecule is CCCCC(CC)COC(=O)C(CC(=O)O)S(=O)(=O)O.[Na].[Na]. The fourth-order valence-electron chi connectivity index (χ4n) is 1.66. The summed E-state index contributed by atoms with van der Waals surface area (Å²) in [5, 5.41) is 6.49. The molecule has 0 aliphatic carbocycles. The molecular formula is C12H22Na2O7S. The van der Waals surface area contributed by atoms with E-state index in [0.29, 0.717) is 0 Å². The predicted octanol–water partition coefficient (Wildman–Crippen LogP) is 0.715. The van der Waals surface area contributed by atoms with Gasteiger partial charge in [-0.3, -0.25) is 14.1 Å². The van der Waals surface area contributed by atoms with Crippen LogP contribution in [-0.2, 0) is 24.4 Å². The standard InChI is InChI=1S/C12H22O7S.2Na/c1-3-5-6-9(4-2)8-19-12(15)10(7-11(13)14)20(16,17)18;;/h9-10H,3-8H2,1-2H3,(H,13,14)(H,16,17,18);;. The Labute approximate surface area is 175 Å². The van der Waals surface area contributed by atoms with Crippen LogP contribution in [0.4, 0.5) is 0 Å². The molecule has 0 rings (SSSR count). The number of hydrogen-bond acceptors (Lipinski definition) is 5. The Balaban J connectivity index is -0.00000180. The Morgan fingerprint density at radius 3 is 2.09 bits per heavy atom. The van der Waals surface area contributed by atoms with Gasteiger partial charge >= 0.3 is 11.9 Å². The molecule has 0 heterocycles. The molecule has 0 aliphatic rings. The van der Waals surface area contributed by atoms with Gasteiger partial charge in [-0.05, 0) is 12.3 Å². The molecule has 0 aromatic rings. The van der Waals surface area contributed by atoms with E-state index < -0.39 is 33.7 Å². The minimum atomic E-state index is -4.79. The molecule has 0 aromatic carbocycles. The second-order valence-corrected chi connectivity index (χ2v) is 6.25. The second-order valence-electron chi connectivity index (χ2n) is 4.65. The van der Waals surface area contributed by atoms with Crippen LogP contribution in [0.1, 0.15) is 46.0 Å². The molecule has 2 unspecified atom stereocenters. The molecule has 0 saturated carbocycles. The van der Waals surface area contributed by atoms with Gasteiger partial charge in [-0.1, -0.05) is 33.1 Å². The zero-order valence-corrected chi connectivity index (χ0v) is 18.6. The van der Waals surface area contributed by atoms with Crippen LogP contribution in [0, 0.1) is 5.92 Å². The summed E-state index contributed by atoms with van der Waals surface area (Å²) in [4.78, 5) is 22.1. The number of carbonyl (C=O) groups is 2. The largest absolute Gasteiger partial charge is 0.481 e. The molecule has 0 aromatic heterocycles. The van der Waals surface area contributed by atoms with E-state index in [-0.39, 0.29) is 71.6 Å². The van der Waals surface area contributed by atoms with Gasteiger partial charge in [0.1, 0.15) is 0 Å². The summed E-state index contributed by atoms with van der Waals surface area (Å²) in [5.41, 5.74) is 0. The number of esters is 1. The van der Waals surface area contributed by atoms with Crippen molar-refractivity contribution >= 4 is 81.2 Å². The molecule has 2 atom stereocenters. The van der Waals surface area contributed by atoms with Crippen molar-refractivity contribution in [2.45, 2.75) is 51.2 Å². The first kappa shape index (κ1) is 27.7. The van der Waals surface area contributed by atoms with Gasteiger partial charge in [0.05, 0.1) is 13.0 Å². The number of unbranched alkanes of at least 4 members (excludes halogenated alkanes) is 1. The van der Waals surface area contributed by atoms with Gasteiger partial charge in [0, 0.05) is 59.1 Å². The van der Waals surface area contributed by atoms with Gasteiger partial charge in [-0.2, -0.15) is 8.42 Å². The van der Waals surface area contributed by atoms with Crippen molar-refractivity contribution < 1.29 is 32.4 Å². The number of carboxylic acid groups (broad SMARTS) is 1. The Morgan fingerprint density at radius 1 is 1.18 bits per heavy atom. The van der Waals surface area contributed by atoms with Crippen LogP contribution in [-0.4, -0.2) is 101 Å². The Morgan fingerprint density at radius 2 is 1.73 bits per heavy atom. The van der Waals surface area contributed by atoms with E-state index in [4.69, 9.17) is 14.4 Å². The van der Waals surface area contributed by atoms with E-state index in [2.05, 4.69) is 0 Å². The summed E-state index contributed by atoms with van der Waals surface area (Å²) in [7, 11) is -4.79. The van der Waals surface area contributed by atoms with Crippen molar-refractivity contribution in [2.75, 3.05) is 6.61 Å². The van der Waals surface area contributed by atoms with Gasteiger partial charge in [0.15, 0.2) is 5.25 Å². The van der Waals surface area contributed by atoms with Crippen molar-refractivity contribution in [3.63, 3.8) is 0 Å². The molecule has 0 bridgehead atoms. The Bertz CT molecular complexity index is 425. The third kappa shape index (κ3) is 12.3. The van der Waals surface area contributed by atoms with Gasteiger partial charge in [0.2, 0.25) is 0 Å². The maximum atomic E-state index is 11.6. The van der Waals surface area contributed by atoms with Gasteiger partial charge in [0.25, 0.3) is 10.1 Å². The maximum absolute atomic E-state index is 11.6. The molecule has 0 saturated heterocycles. The van der Waals surface area contributed by atoms with Gasteiger partial charge < -0.3 is 9.84 Å². The van der Waals surface area contributed by atoms with E-state index in [1.165, 1.54) is 0 Å². The van der Waals surface area contributed by atoms with E-state index in [9.17, 15) is 18.0 Å². The van der Waals surface area contributed by atoms with Crippen LogP contribution >= 0.6 is 0 Å². The van der Waals surface area contributed by atoms with Gasteiger partial charge in [-0.25, -0.2) is 0 Å². The first-order valence-corrected chi connectivity index (χ1v) is 8.07. The fraction of sp³-hybridized carbons (Fsp3) is 0.833. The summed E-state index contributed by atoms with van der Waals surface area (Å²) in [5.74, 6) is -2.61. The van der Waals surface area contributed by atoms with Crippen LogP contribution in [0.2, 0.25) is 0 Å². The first-order valence-electron chi connectivity index (χ1n) is 6.57. The summed E-state index contributed by atoms with van der Waals surface area (Å²) in [6.07, 6.45) is 2.56. The van der Waals surface area contributed by atoms with Crippen molar-refractivity contribution in [1.82, 2.24) is 0 Å². The molecule has 7 nitrogen and oxygen atoms in total. The first-order chi connectivity index (χ1) is 9.22. The average molecular weight is 356 g/mol. The molecule has 120 valence electrons. The van der Waals surface area contributed by atoms with Crippen LogP contribution in [0.25, 0.3) is 0 Å². The van der Waals surface area contributed by atoms with Crippen LogP contribution < -0.4 is 0 Å². The fourth-order valence-corrected chi connectivity index (χ4v) is 2.32. The van der Waals surface area contributed by atoms with E-state index in [1.807, 2.05) is 13.8 Å². The number of hydrogen-bond donors (Lipinski definition) is 2.